The molecule has 0 aliphatic rings. The van der Waals surface area contributed by atoms with E-state index in [0.717, 1.165) is 22.8 Å². The van der Waals surface area contributed by atoms with Crippen molar-refractivity contribution in [2.24, 2.45) is 0 Å². The Hall–Kier alpha value is -0.690. The van der Waals surface area contributed by atoms with Crippen LogP contribution in [-0.2, 0) is 0 Å². The third-order valence-electron chi connectivity index (χ3n) is 3.28. The Labute approximate surface area is 117 Å². The Balaban J connectivity index is 2.05. The molecule has 0 heterocycles. The number of hydrogen-bond donors (Lipinski definition) is 1. The van der Waals surface area contributed by atoms with Crippen LogP contribution in [0.4, 0.5) is 5.69 Å². The first-order valence-corrected chi connectivity index (χ1v) is 7.62. The molecule has 18 heavy (non-hydrogen) atoms. The zero-order valence-electron chi connectivity index (χ0n) is 11.8. The lowest BCUT2D eigenvalue weighted by molar-refractivity contribution is 0.596. The van der Waals surface area contributed by atoms with Crippen molar-refractivity contribution in [3.8, 4) is 0 Å². The molecular weight excluding hydrogens is 242 g/mol. The van der Waals surface area contributed by atoms with Crippen molar-refractivity contribution in [2.75, 3.05) is 11.9 Å². The van der Waals surface area contributed by atoms with Gasteiger partial charge in [0.25, 0.3) is 0 Å². The summed E-state index contributed by atoms with van der Waals surface area (Å²) < 4.78 is 0. The molecule has 0 atom stereocenters. The highest BCUT2D eigenvalue weighted by Crippen LogP contribution is 2.20. The number of halogens is 1. The van der Waals surface area contributed by atoms with E-state index in [4.69, 9.17) is 11.6 Å². The Kier molecular flexibility index (Phi) is 7.91. The summed E-state index contributed by atoms with van der Waals surface area (Å²) in [5.41, 5.74) is 2.27. The summed E-state index contributed by atoms with van der Waals surface area (Å²) >= 11 is 6.08. The first-order chi connectivity index (χ1) is 8.74. The van der Waals surface area contributed by atoms with Gasteiger partial charge in [-0.15, -0.1) is 0 Å². The number of rotatable bonds is 9. The number of hydrogen-bond acceptors (Lipinski definition) is 1. The summed E-state index contributed by atoms with van der Waals surface area (Å²) in [5, 5.41) is 4.28. The quantitative estimate of drug-likeness (QED) is 0.557. The maximum Gasteiger partial charge on any atom is 0.0455 e. The normalized spacial score (nSPS) is 10.6. The monoisotopic (exact) mass is 267 g/mol. The zero-order valence-corrected chi connectivity index (χ0v) is 12.5. The van der Waals surface area contributed by atoms with E-state index >= 15 is 0 Å². The molecule has 0 fully saturated rings. The van der Waals surface area contributed by atoms with Gasteiger partial charge in [-0.2, -0.15) is 0 Å². The lowest BCUT2D eigenvalue weighted by Crippen LogP contribution is -2.01. The van der Waals surface area contributed by atoms with Crippen molar-refractivity contribution in [2.45, 2.75) is 58.8 Å². The van der Waals surface area contributed by atoms with E-state index in [2.05, 4.69) is 24.4 Å². The molecule has 2 heteroatoms. The molecule has 1 aromatic carbocycles. The number of anilines is 1. The Morgan fingerprint density at radius 1 is 1.00 bits per heavy atom. The fraction of sp³-hybridized carbons (Fsp3) is 0.625. The molecule has 1 nitrogen and oxygen atoms in total. The van der Waals surface area contributed by atoms with Gasteiger partial charge < -0.3 is 5.32 Å². The lowest BCUT2D eigenvalue weighted by Gasteiger charge is -2.07. The van der Waals surface area contributed by atoms with Crippen LogP contribution in [0.25, 0.3) is 0 Å². The van der Waals surface area contributed by atoms with Gasteiger partial charge in [0, 0.05) is 17.3 Å². The molecule has 0 aromatic heterocycles. The van der Waals surface area contributed by atoms with Crippen LogP contribution >= 0.6 is 11.6 Å². The van der Waals surface area contributed by atoms with Crippen molar-refractivity contribution < 1.29 is 0 Å². The molecule has 0 aliphatic heterocycles. The first-order valence-electron chi connectivity index (χ1n) is 7.24. The van der Waals surface area contributed by atoms with Crippen molar-refractivity contribution in [3.05, 3.63) is 28.8 Å². The average Bonchev–Trinajstić information content (AvgIpc) is 2.37. The first kappa shape index (κ1) is 15.4. The standard InChI is InChI=1S/C16H26ClN/c1-3-4-5-6-7-8-9-12-18-15-11-10-14(2)16(17)13-15/h10-11,13,18H,3-9,12H2,1-2H3. The molecule has 1 rings (SSSR count). The second-order valence-corrected chi connectivity index (χ2v) is 5.42. The van der Waals surface area contributed by atoms with E-state index in [1.165, 1.54) is 44.9 Å². The fourth-order valence-electron chi connectivity index (χ4n) is 2.02. The molecule has 102 valence electrons. The molecule has 0 bridgehead atoms. The predicted molar refractivity (Wildman–Crippen MR) is 82.7 cm³/mol. The van der Waals surface area contributed by atoms with Gasteiger partial charge in [-0.25, -0.2) is 0 Å². The molecule has 0 unspecified atom stereocenters. The molecule has 0 saturated carbocycles. The van der Waals surface area contributed by atoms with Gasteiger partial charge in [0.15, 0.2) is 0 Å². The maximum atomic E-state index is 6.08. The minimum atomic E-state index is 0.847. The summed E-state index contributed by atoms with van der Waals surface area (Å²) in [6.45, 7) is 5.34. The largest absolute Gasteiger partial charge is 0.385 e. The van der Waals surface area contributed by atoms with E-state index in [0.29, 0.717) is 0 Å². The summed E-state index contributed by atoms with van der Waals surface area (Å²) in [6.07, 6.45) is 9.46. The molecule has 0 aliphatic carbocycles. The van der Waals surface area contributed by atoms with Gasteiger partial charge in [-0.3, -0.25) is 0 Å². The summed E-state index contributed by atoms with van der Waals surface area (Å²) in [7, 11) is 0. The minimum absolute atomic E-state index is 0.847. The van der Waals surface area contributed by atoms with Crippen molar-refractivity contribution in [1.82, 2.24) is 0 Å². The van der Waals surface area contributed by atoms with Crippen LogP contribution in [0.1, 0.15) is 57.4 Å². The van der Waals surface area contributed by atoms with Crippen LogP contribution < -0.4 is 5.32 Å². The van der Waals surface area contributed by atoms with Gasteiger partial charge in [0.05, 0.1) is 0 Å². The van der Waals surface area contributed by atoms with Crippen LogP contribution in [0.2, 0.25) is 5.02 Å². The topological polar surface area (TPSA) is 12.0 Å². The fourth-order valence-corrected chi connectivity index (χ4v) is 2.20. The van der Waals surface area contributed by atoms with Crippen LogP contribution in [0.5, 0.6) is 0 Å². The van der Waals surface area contributed by atoms with Gasteiger partial charge in [-0.05, 0) is 31.0 Å². The second kappa shape index (κ2) is 9.27. The van der Waals surface area contributed by atoms with Crippen LogP contribution in [-0.4, -0.2) is 6.54 Å². The molecule has 1 N–H and O–H groups in total. The lowest BCUT2D eigenvalue weighted by atomic mass is 10.1. The highest BCUT2D eigenvalue weighted by atomic mass is 35.5. The maximum absolute atomic E-state index is 6.08. The molecule has 0 amide bonds. The van der Waals surface area contributed by atoms with E-state index in [9.17, 15) is 0 Å². The van der Waals surface area contributed by atoms with E-state index in [1.54, 1.807) is 0 Å². The van der Waals surface area contributed by atoms with E-state index < -0.39 is 0 Å². The smallest absolute Gasteiger partial charge is 0.0455 e. The Morgan fingerprint density at radius 2 is 1.67 bits per heavy atom. The highest BCUT2D eigenvalue weighted by molar-refractivity contribution is 6.31. The molecule has 0 spiro atoms. The number of aryl methyl sites for hydroxylation is 1. The van der Waals surface area contributed by atoms with Gasteiger partial charge >= 0.3 is 0 Å². The number of benzene rings is 1. The number of unbranched alkanes of at least 4 members (excludes halogenated alkanes) is 6. The minimum Gasteiger partial charge on any atom is -0.385 e. The van der Waals surface area contributed by atoms with E-state index in [-0.39, 0.29) is 0 Å². The second-order valence-electron chi connectivity index (χ2n) is 5.01. The summed E-state index contributed by atoms with van der Waals surface area (Å²) in [6, 6.07) is 6.18. The van der Waals surface area contributed by atoms with Gasteiger partial charge in [0.2, 0.25) is 0 Å². The highest BCUT2D eigenvalue weighted by Gasteiger charge is 1.97. The predicted octanol–water partition coefficient (Wildman–Crippen LogP) is 5.81. The van der Waals surface area contributed by atoms with Crippen molar-refractivity contribution in [3.63, 3.8) is 0 Å². The molecule has 1 aromatic rings. The molecular formula is C16H26ClN. The van der Waals surface area contributed by atoms with Gasteiger partial charge in [0.1, 0.15) is 0 Å². The van der Waals surface area contributed by atoms with Crippen molar-refractivity contribution >= 4 is 17.3 Å². The number of nitrogens with one attached hydrogen (secondary N) is 1. The zero-order chi connectivity index (χ0) is 13.2. The SMILES string of the molecule is CCCCCCCCCNc1ccc(C)c(Cl)c1. The van der Waals surface area contributed by atoms with Crippen molar-refractivity contribution in [1.29, 1.82) is 0 Å². The Bertz CT molecular complexity index is 336. The molecule has 0 radical (unpaired) electrons. The molecule has 0 saturated heterocycles. The van der Waals surface area contributed by atoms with Gasteiger partial charge in [-0.1, -0.05) is 63.1 Å². The van der Waals surface area contributed by atoms with Crippen LogP contribution in [0.3, 0.4) is 0 Å². The summed E-state index contributed by atoms with van der Waals surface area (Å²) in [5.74, 6) is 0. The third kappa shape index (κ3) is 6.30. The summed E-state index contributed by atoms with van der Waals surface area (Å²) in [4.78, 5) is 0. The third-order valence-corrected chi connectivity index (χ3v) is 3.69. The van der Waals surface area contributed by atoms with E-state index in [1.807, 2.05) is 13.0 Å². The van der Waals surface area contributed by atoms with Crippen LogP contribution in [0.15, 0.2) is 18.2 Å². The van der Waals surface area contributed by atoms with Crippen LogP contribution in [0, 0.1) is 6.92 Å². The Morgan fingerprint density at radius 3 is 2.33 bits per heavy atom. The average molecular weight is 268 g/mol.